The van der Waals surface area contributed by atoms with Gasteiger partial charge in [-0.2, -0.15) is 0 Å². The first kappa shape index (κ1) is 16.3. The van der Waals surface area contributed by atoms with Gasteiger partial charge in [-0.1, -0.05) is 13.8 Å². The van der Waals surface area contributed by atoms with Crippen molar-refractivity contribution < 1.29 is 8.42 Å². The molecule has 21 heavy (non-hydrogen) atoms. The number of sulfonamides is 1. The molecule has 5 heteroatoms. The van der Waals surface area contributed by atoms with E-state index >= 15 is 0 Å². The Morgan fingerprint density at radius 2 is 1.67 bits per heavy atom. The van der Waals surface area contributed by atoms with Crippen molar-refractivity contribution in [3.63, 3.8) is 0 Å². The fourth-order valence-corrected chi connectivity index (χ4v) is 5.08. The van der Waals surface area contributed by atoms with Crippen molar-refractivity contribution in [2.45, 2.75) is 57.9 Å². The van der Waals surface area contributed by atoms with Crippen LogP contribution >= 0.6 is 0 Å². The van der Waals surface area contributed by atoms with Gasteiger partial charge in [0.2, 0.25) is 10.0 Å². The third-order valence-electron chi connectivity index (χ3n) is 4.33. The number of nitrogen functional groups attached to an aromatic ring is 1. The van der Waals surface area contributed by atoms with E-state index in [1.807, 2.05) is 6.92 Å². The molecule has 1 fully saturated rings. The molecule has 1 aliphatic carbocycles. The molecular formula is C16H26N2O2S. The quantitative estimate of drug-likeness (QED) is 0.843. The summed E-state index contributed by atoms with van der Waals surface area (Å²) in [5, 5.41) is 0. The van der Waals surface area contributed by atoms with Crippen LogP contribution in [0.4, 0.5) is 5.69 Å². The van der Waals surface area contributed by atoms with Crippen LogP contribution in [0, 0.1) is 25.7 Å². The predicted octanol–water partition coefficient (Wildman–Crippen LogP) is 2.99. The van der Waals surface area contributed by atoms with Gasteiger partial charge in [-0.15, -0.1) is 0 Å². The van der Waals surface area contributed by atoms with E-state index in [9.17, 15) is 8.42 Å². The third kappa shape index (κ3) is 3.77. The van der Waals surface area contributed by atoms with Crippen LogP contribution in [0.3, 0.4) is 0 Å². The van der Waals surface area contributed by atoms with Crippen LogP contribution in [0.5, 0.6) is 0 Å². The molecule has 1 saturated carbocycles. The van der Waals surface area contributed by atoms with E-state index in [4.69, 9.17) is 5.73 Å². The smallest absolute Gasteiger partial charge is 0.241 e. The molecule has 0 heterocycles. The third-order valence-corrected chi connectivity index (χ3v) is 5.98. The number of hydrogen-bond acceptors (Lipinski definition) is 3. The van der Waals surface area contributed by atoms with E-state index in [0.29, 0.717) is 28.0 Å². The van der Waals surface area contributed by atoms with Gasteiger partial charge in [-0.3, -0.25) is 0 Å². The summed E-state index contributed by atoms with van der Waals surface area (Å²) in [4.78, 5) is 0.311. The van der Waals surface area contributed by atoms with Gasteiger partial charge < -0.3 is 5.73 Å². The van der Waals surface area contributed by atoms with E-state index in [1.54, 1.807) is 19.1 Å². The van der Waals surface area contributed by atoms with Gasteiger partial charge in [-0.25, -0.2) is 13.1 Å². The molecule has 0 spiro atoms. The second kappa shape index (κ2) is 5.97. The van der Waals surface area contributed by atoms with Crippen molar-refractivity contribution >= 4 is 15.7 Å². The van der Waals surface area contributed by atoms with Crippen molar-refractivity contribution in [3.8, 4) is 0 Å². The highest BCUT2D eigenvalue weighted by Crippen LogP contribution is 2.30. The lowest BCUT2D eigenvalue weighted by atomic mass is 9.81. The van der Waals surface area contributed by atoms with E-state index in [0.717, 1.165) is 18.4 Å². The number of hydrogen-bond donors (Lipinski definition) is 2. The fraction of sp³-hybridized carbons (Fsp3) is 0.625. The SMILES string of the molecule is Cc1cc(N)c(C)c(S(=O)(=O)NC2CC(C)CC(C)C2)c1. The lowest BCUT2D eigenvalue weighted by Crippen LogP contribution is -2.40. The number of benzene rings is 1. The topological polar surface area (TPSA) is 72.2 Å². The minimum absolute atomic E-state index is 0.0230. The molecule has 4 nitrogen and oxygen atoms in total. The summed E-state index contributed by atoms with van der Waals surface area (Å²) in [5.74, 6) is 1.12. The normalized spacial score (nSPS) is 26.8. The van der Waals surface area contributed by atoms with Crippen LogP contribution in [-0.4, -0.2) is 14.5 Å². The van der Waals surface area contributed by atoms with Gasteiger partial charge in [0.15, 0.2) is 0 Å². The molecule has 3 N–H and O–H groups in total. The largest absolute Gasteiger partial charge is 0.398 e. The number of anilines is 1. The Bertz CT molecular complexity index is 615. The molecule has 2 rings (SSSR count). The molecule has 1 aromatic rings. The Morgan fingerprint density at radius 3 is 2.24 bits per heavy atom. The second-order valence-electron chi connectivity index (χ2n) is 6.71. The second-order valence-corrected chi connectivity index (χ2v) is 8.40. The highest BCUT2D eigenvalue weighted by molar-refractivity contribution is 7.89. The van der Waals surface area contributed by atoms with Crippen molar-refractivity contribution in [1.29, 1.82) is 0 Å². The first-order valence-corrected chi connectivity index (χ1v) is 9.06. The molecule has 0 aromatic heterocycles. The van der Waals surface area contributed by atoms with Gasteiger partial charge >= 0.3 is 0 Å². The van der Waals surface area contributed by atoms with Crippen LogP contribution in [0.15, 0.2) is 17.0 Å². The maximum atomic E-state index is 12.7. The van der Waals surface area contributed by atoms with Gasteiger partial charge in [0.25, 0.3) is 0 Å². The van der Waals surface area contributed by atoms with Crippen LogP contribution in [0.2, 0.25) is 0 Å². The summed E-state index contributed by atoms with van der Waals surface area (Å²) in [6, 6.07) is 3.53. The minimum Gasteiger partial charge on any atom is -0.398 e. The molecule has 0 saturated heterocycles. The summed E-state index contributed by atoms with van der Waals surface area (Å²) in [7, 11) is -3.51. The van der Waals surface area contributed by atoms with Crippen molar-refractivity contribution in [1.82, 2.24) is 4.72 Å². The zero-order valence-corrected chi connectivity index (χ0v) is 14.1. The van der Waals surface area contributed by atoms with Gasteiger partial charge in [0.1, 0.15) is 0 Å². The standard InChI is InChI=1S/C16H26N2O2S/c1-10-5-11(2)7-14(6-10)18-21(19,20)16-9-12(3)8-15(17)13(16)4/h8-11,14,18H,5-7,17H2,1-4H3. The molecule has 1 aromatic carbocycles. The van der Waals surface area contributed by atoms with Crippen LogP contribution in [0.1, 0.15) is 44.2 Å². The summed E-state index contributed by atoms with van der Waals surface area (Å²) >= 11 is 0. The maximum Gasteiger partial charge on any atom is 0.241 e. The summed E-state index contributed by atoms with van der Waals surface area (Å²) < 4.78 is 28.2. The number of aryl methyl sites for hydroxylation is 1. The molecular weight excluding hydrogens is 284 g/mol. The van der Waals surface area contributed by atoms with Crippen molar-refractivity contribution in [2.75, 3.05) is 5.73 Å². The van der Waals surface area contributed by atoms with Gasteiger partial charge in [0.05, 0.1) is 4.90 Å². The van der Waals surface area contributed by atoms with Crippen molar-refractivity contribution in [2.24, 2.45) is 11.8 Å². The van der Waals surface area contributed by atoms with Gasteiger partial charge in [0, 0.05) is 11.7 Å². The first-order valence-electron chi connectivity index (χ1n) is 7.58. The first-order chi connectivity index (χ1) is 9.69. The molecule has 0 bridgehead atoms. The Balaban J connectivity index is 2.27. The van der Waals surface area contributed by atoms with E-state index in [-0.39, 0.29) is 6.04 Å². The van der Waals surface area contributed by atoms with Gasteiger partial charge in [-0.05, 0) is 68.2 Å². The maximum absolute atomic E-state index is 12.7. The molecule has 2 unspecified atom stereocenters. The Morgan fingerprint density at radius 1 is 1.10 bits per heavy atom. The lowest BCUT2D eigenvalue weighted by molar-refractivity contribution is 0.257. The average Bonchev–Trinajstić information content (AvgIpc) is 2.31. The number of nitrogens with two attached hydrogens (primary N) is 1. The van der Waals surface area contributed by atoms with Crippen LogP contribution in [-0.2, 0) is 10.0 Å². The highest BCUT2D eigenvalue weighted by Gasteiger charge is 2.29. The lowest BCUT2D eigenvalue weighted by Gasteiger charge is -2.31. The molecule has 0 amide bonds. The summed E-state index contributed by atoms with van der Waals surface area (Å²) in [6.07, 6.45) is 2.99. The molecule has 118 valence electrons. The van der Waals surface area contributed by atoms with Crippen LogP contribution < -0.4 is 10.5 Å². The summed E-state index contributed by atoms with van der Waals surface area (Å²) in [6.45, 7) is 7.99. The monoisotopic (exact) mass is 310 g/mol. The molecule has 0 radical (unpaired) electrons. The number of nitrogens with one attached hydrogen (secondary N) is 1. The predicted molar refractivity (Wildman–Crippen MR) is 86.6 cm³/mol. The Labute approximate surface area is 128 Å². The molecule has 2 atom stereocenters. The van der Waals surface area contributed by atoms with E-state index in [1.165, 1.54) is 6.42 Å². The zero-order valence-electron chi connectivity index (χ0n) is 13.3. The Hall–Kier alpha value is -1.07. The zero-order chi connectivity index (χ0) is 15.8. The highest BCUT2D eigenvalue weighted by atomic mass is 32.2. The van der Waals surface area contributed by atoms with Crippen LogP contribution in [0.25, 0.3) is 0 Å². The molecule has 1 aliphatic rings. The van der Waals surface area contributed by atoms with Crippen molar-refractivity contribution in [3.05, 3.63) is 23.3 Å². The minimum atomic E-state index is -3.51. The molecule has 0 aliphatic heterocycles. The average molecular weight is 310 g/mol. The summed E-state index contributed by atoms with van der Waals surface area (Å²) in [5.41, 5.74) is 7.93. The fourth-order valence-electron chi connectivity index (χ4n) is 3.46. The Kier molecular flexibility index (Phi) is 4.63. The van der Waals surface area contributed by atoms with E-state index in [2.05, 4.69) is 18.6 Å². The van der Waals surface area contributed by atoms with E-state index < -0.39 is 10.0 Å². The number of rotatable bonds is 3.